The van der Waals surface area contributed by atoms with Crippen LogP contribution in [0.15, 0.2) is 12.1 Å². The van der Waals surface area contributed by atoms with E-state index in [2.05, 4.69) is 12.0 Å². The van der Waals surface area contributed by atoms with E-state index in [1.165, 1.54) is 11.0 Å². The van der Waals surface area contributed by atoms with Gasteiger partial charge in [0.05, 0.1) is 28.9 Å². The highest BCUT2D eigenvalue weighted by molar-refractivity contribution is 6.34. The molecule has 2 amide bonds. The topological polar surface area (TPSA) is 78.2 Å². The van der Waals surface area contributed by atoms with Crippen LogP contribution in [0.3, 0.4) is 0 Å². The molecule has 2 aromatic rings. The molecule has 1 N–H and O–H groups in total. The van der Waals surface area contributed by atoms with Gasteiger partial charge in [-0.2, -0.15) is 18.3 Å². The number of hydrogen-bond acceptors (Lipinski definition) is 4. The van der Waals surface area contributed by atoms with Crippen LogP contribution in [0.2, 0.25) is 5.02 Å². The highest BCUT2D eigenvalue weighted by atomic mass is 35.5. The average molecular weight is 529 g/mol. The molecule has 1 aliphatic heterocycles. The minimum Gasteiger partial charge on any atom is -0.393 e. The van der Waals surface area contributed by atoms with Crippen LogP contribution in [0.1, 0.15) is 68.8 Å². The summed E-state index contributed by atoms with van der Waals surface area (Å²) < 4.78 is 40.3. The number of aliphatic hydroxyl groups is 1. The van der Waals surface area contributed by atoms with Crippen molar-refractivity contribution in [3.05, 3.63) is 34.1 Å². The van der Waals surface area contributed by atoms with Crippen LogP contribution in [0.25, 0.3) is 5.52 Å². The third-order valence-corrected chi connectivity index (χ3v) is 7.88. The van der Waals surface area contributed by atoms with Gasteiger partial charge >= 0.3 is 6.18 Å². The van der Waals surface area contributed by atoms with E-state index >= 15 is 0 Å². The van der Waals surface area contributed by atoms with Crippen molar-refractivity contribution in [3.63, 3.8) is 0 Å². The van der Waals surface area contributed by atoms with Crippen LogP contribution in [-0.2, 0) is 22.2 Å². The van der Waals surface area contributed by atoms with Crippen LogP contribution in [0.5, 0.6) is 0 Å². The van der Waals surface area contributed by atoms with Gasteiger partial charge in [-0.05, 0) is 61.6 Å². The Morgan fingerprint density at radius 3 is 2.44 bits per heavy atom. The fraction of sp³-hybridized carbons (Fsp3) is 0.640. The van der Waals surface area contributed by atoms with E-state index in [4.69, 9.17) is 11.6 Å². The lowest BCUT2D eigenvalue weighted by molar-refractivity contribution is -0.143. The summed E-state index contributed by atoms with van der Waals surface area (Å²) in [5.41, 5.74) is 0.827. The minimum atomic E-state index is -4.43. The van der Waals surface area contributed by atoms with Crippen molar-refractivity contribution in [2.75, 3.05) is 19.6 Å². The number of piperazine rings is 1. The van der Waals surface area contributed by atoms with Crippen molar-refractivity contribution in [3.8, 4) is 0 Å². The summed E-state index contributed by atoms with van der Waals surface area (Å²) >= 11 is 6.13. The molecule has 1 saturated heterocycles. The largest absolute Gasteiger partial charge is 0.433 e. The van der Waals surface area contributed by atoms with Crippen LogP contribution in [0.4, 0.5) is 13.2 Å². The van der Waals surface area contributed by atoms with Crippen molar-refractivity contribution in [2.45, 2.75) is 76.6 Å². The second kappa shape index (κ2) is 10.6. The van der Waals surface area contributed by atoms with E-state index in [9.17, 15) is 27.9 Å². The molecule has 7 nitrogen and oxygen atoms in total. The van der Waals surface area contributed by atoms with Crippen molar-refractivity contribution in [1.29, 1.82) is 0 Å². The molecular formula is C25H32ClF3N4O3. The standard InChI is InChI=1S/C13H12ClF3N2.C12H20N2O3/c1-2-9-12(14)10-5-8(7-3-4-7)6-11(13(15,16)17)19(10)18-9;1-2-9-5-10(6-11(9)16)14-4-3-13(8-15)7-12(14)17/h5-7H,2-4H2,1H3;8-11,16H,2-7H2,1H3. The molecule has 2 saturated carbocycles. The summed E-state index contributed by atoms with van der Waals surface area (Å²) in [7, 11) is 0. The Bertz CT molecular complexity index is 1120. The summed E-state index contributed by atoms with van der Waals surface area (Å²) in [6.07, 6.45) is 0.963. The number of hydrogen-bond donors (Lipinski definition) is 1. The van der Waals surface area contributed by atoms with Gasteiger partial charge < -0.3 is 14.9 Å². The van der Waals surface area contributed by atoms with E-state index in [0.717, 1.165) is 36.6 Å². The number of carbonyl (C=O) groups excluding carboxylic acids is 2. The maximum absolute atomic E-state index is 13.1. The molecule has 3 heterocycles. The van der Waals surface area contributed by atoms with Crippen LogP contribution in [-0.4, -0.2) is 68.6 Å². The fourth-order valence-electron chi connectivity index (χ4n) is 5.21. The van der Waals surface area contributed by atoms with Crippen LogP contribution in [0, 0.1) is 5.92 Å². The second-order valence-electron chi connectivity index (χ2n) is 9.88. The molecule has 198 valence electrons. The summed E-state index contributed by atoms with van der Waals surface area (Å²) in [6.45, 7) is 5.29. The first-order valence-electron chi connectivity index (χ1n) is 12.5. The molecule has 3 fully saturated rings. The number of nitrogens with zero attached hydrogens (tertiary/aromatic N) is 4. The number of rotatable bonds is 5. The smallest absolute Gasteiger partial charge is 0.393 e. The number of aliphatic hydroxyl groups excluding tert-OH is 1. The molecule has 3 atom stereocenters. The third-order valence-electron chi connectivity index (χ3n) is 7.47. The molecule has 2 aliphatic carbocycles. The molecular weight excluding hydrogens is 497 g/mol. The highest BCUT2D eigenvalue weighted by Crippen LogP contribution is 2.43. The van der Waals surface area contributed by atoms with Crippen molar-refractivity contribution < 1.29 is 27.9 Å². The molecule has 0 bridgehead atoms. The van der Waals surface area contributed by atoms with Crippen molar-refractivity contribution in [1.82, 2.24) is 19.4 Å². The first-order chi connectivity index (χ1) is 17.1. The first-order valence-corrected chi connectivity index (χ1v) is 12.9. The number of halogens is 4. The number of carbonyl (C=O) groups is 2. The predicted molar refractivity (Wildman–Crippen MR) is 129 cm³/mol. The summed E-state index contributed by atoms with van der Waals surface area (Å²) in [4.78, 5) is 25.8. The Hall–Kier alpha value is -2.33. The highest BCUT2D eigenvalue weighted by Gasteiger charge is 2.39. The number of alkyl halides is 3. The lowest BCUT2D eigenvalue weighted by Gasteiger charge is -2.36. The van der Waals surface area contributed by atoms with Gasteiger partial charge in [0.25, 0.3) is 0 Å². The van der Waals surface area contributed by atoms with Gasteiger partial charge in [0.15, 0.2) is 0 Å². The number of amides is 2. The molecule has 0 radical (unpaired) electrons. The lowest BCUT2D eigenvalue weighted by Crippen LogP contribution is -2.53. The van der Waals surface area contributed by atoms with Crippen LogP contribution >= 0.6 is 11.6 Å². The number of fused-ring (bicyclic) bond motifs is 1. The van der Waals surface area contributed by atoms with Crippen LogP contribution < -0.4 is 0 Å². The van der Waals surface area contributed by atoms with Gasteiger partial charge in [0.1, 0.15) is 5.69 Å². The first kappa shape index (κ1) is 26.7. The molecule has 3 unspecified atom stereocenters. The summed E-state index contributed by atoms with van der Waals surface area (Å²) in [5, 5.41) is 14.2. The monoisotopic (exact) mass is 528 g/mol. The number of aryl methyl sites for hydroxylation is 1. The average Bonchev–Trinajstić information content (AvgIpc) is 3.56. The van der Waals surface area contributed by atoms with E-state index in [1.807, 2.05) is 11.8 Å². The molecule has 3 aliphatic rings. The lowest BCUT2D eigenvalue weighted by atomic mass is 10.0. The fourth-order valence-corrected chi connectivity index (χ4v) is 5.52. The maximum Gasteiger partial charge on any atom is 0.433 e. The second-order valence-corrected chi connectivity index (χ2v) is 10.3. The Balaban J connectivity index is 0.000000170. The molecule has 11 heteroatoms. The van der Waals surface area contributed by atoms with Gasteiger partial charge in [-0.25, -0.2) is 4.52 Å². The van der Waals surface area contributed by atoms with Gasteiger partial charge in [-0.1, -0.05) is 31.9 Å². The Morgan fingerprint density at radius 2 is 1.92 bits per heavy atom. The van der Waals surface area contributed by atoms with Gasteiger partial charge in [-0.3, -0.25) is 9.59 Å². The molecule has 2 aromatic heterocycles. The normalized spacial score (nSPS) is 24.8. The van der Waals surface area contributed by atoms with E-state index < -0.39 is 11.9 Å². The van der Waals surface area contributed by atoms with E-state index in [-0.39, 0.29) is 30.5 Å². The molecule has 0 spiro atoms. The summed E-state index contributed by atoms with van der Waals surface area (Å²) in [6, 6.07) is 3.10. The SMILES string of the molecule is CCC1CC(N2CCN(C=O)CC2=O)CC1O.CCc1nn2c(C(F)(F)F)cc(C3CC3)cc2c1Cl. The van der Waals surface area contributed by atoms with Crippen molar-refractivity contribution >= 4 is 29.4 Å². The Labute approximate surface area is 213 Å². The minimum absolute atomic E-state index is 0.0114. The zero-order chi connectivity index (χ0) is 26.2. The zero-order valence-electron chi connectivity index (χ0n) is 20.5. The zero-order valence-corrected chi connectivity index (χ0v) is 21.2. The maximum atomic E-state index is 13.1. The number of aromatic nitrogens is 2. The predicted octanol–water partition coefficient (Wildman–Crippen LogP) is 4.28. The van der Waals surface area contributed by atoms with Gasteiger partial charge in [-0.15, -0.1) is 0 Å². The third kappa shape index (κ3) is 5.49. The Morgan fingerprint density at radius 1 is 1.19 bits per heavy atom. The van der Waals surface area contributed by atoms with Crippen molar-refractivity contribution in [2.24, 2.45) is 5.92 Å². The molecule has 36 heavy (non-hydrogen) atoms. The number of pyridine rings is 1. The molecule has 5 rings (SSSR count). The van der Waals surface area contributed by atoms with E-state index in [1.54, 1.807) is 6.07 Å². The van der Waals surface area contributed by atoms with Gasteiger partial charge in [0.2, 0.25) is 12.3 Å². The van der Waals surface area contributed by atoms with E-state index in [0.29, 0.717) is 53.6 Å². The quantitative estimate of drug-likeness (QED) is 0.588. The van der Waals surface area contributed by atoms with Gasteiger partial charge in [0, 0.05) is 19.1 Å². The Kier molecular flexibility index (Phi) is 7.85. The molecule has 0 aromatic carbocycles. The summed E-state index contributed by atoms with van der Waals surface area (Å²) in [5.74, 6) is 0.566.